The molecule has 0 fully saturated rings. The second-order valence-electron chi connectivity index (χ2n) is 6.78. The number of aryl methyl sites for hydroxylation is 1. The number of alkyl halides is 3. The van der Waals surface area contributed by atoms with Crippen LogP contribution in [0.5, 0.6) is 11.5 Å². The number of nitrogens with zero attached hydrogens (tertiary/aromatic N) is 1. The Morgan fingerprint density at radius 3 is 2.54 bits per heavy atom. The average molecular weight is 365 g/mol. The lowest BCUT2D eigenvalue weighted by molar-refractivity contribution is -0.137. The first-order chi connectivity index (χ1) is 12.3. The molecule has 2 aromatic rings. The van der Waals surface area contributed by atoms with E-state index in [1.807, 2.05) is 12.1 Å². The molecule has 1 atom stereocenters. The predicted molar refractivity (Wildman–Crippen MR) is 93.1 cm³/mol. The molecule has 1 aliphatic heterocycles. The molecule has 0 aromatic heterocycles. The van der Waals surface area contributed by atoms with Gasteiger partial charge in [0.15, 0.2) is 11.5 Å². The van der Waals surface area contributed by atoms with Crippen molar-refractivity contribution in [2.24, 2.45) is 0 Å². The number of rotatable bonds is 5. The molecule has 0 bridgehead atoms. The van der Waals surface area contributed by atoms with Gasteiger partial charge in [0.25, 0.3) is 0 Å². The number of hydrogen-bond donors (Lipinski definition) is 1. The first kappa shape index (κ1) is 18.6. The zero-order valence-electron chi connectivity index (χ0n) is 14.8. The third kappa shape index (κ3) is 3.96. The van der Waals surface area contributed by atoms with Crippen LogP contribution in [-0.2, 0) is 25.7 Å². The van der Waals surface area contributed by atoms with Crippen molar-refractivity contribution < 1.29 is 23.0 Å². The van der Waals surface area contributed by atoms with Crippen molar-refractivity contribution in [2.45, 2.75) is 45.1 Å². The van der Waals surface area contributed by atoms with Crippen molar-refractivity contribution in [1.82, 2.24) is 4.90 Å². The van der Waals surface area contributed by atoms with Crippen molar-refractivity contribution in [3.05, 3.63) is 58.7 Å². The summed E-state index contributed by atoms with van der Waals surface area (Å²) in [5, 5.41) is 9.65. The van der Waals surface area contributed by atoms with Gasteiger partial charge in [0.1, 0.15) is 0 Å². The predicted octanol–water partition coefficient (Wildman–Crippen LogP) is 4.76. The zero-order valence-corrected chi connectivity index (χ0v) is 14.8. The number of benzene rings is 2. The third-order valence-corrected chi connectivity index (χ3v) is 5.00. The largest absolute Gasteiger partial charge is 0.504 e. The number of phenolic OH excluding ortho intramolecular Hbond substituents is 1. The summed E-state index contributed by atoms with van der Waals surface area (Å²) in [4.78, 5) is 2.20. The highest BCUT2D eigenvalue weighted by Gasteiger charge is 2.32. The van der Waals surface area contributed by atoms with Gasteiger partial charge in [-0.3, -0.25) is 4.90 Å². The van der Waals surface area contributed by atoms with E-state index in [4.69, 9.17) is 4.74 Å². The SMILES string of the molecule is COc1cc(CC[C@@H](C)N2Cc3ccc(C(F)(F)F)cc3C2)ccc1O. The van der Waals surface area contributed by atoms with Crippen LogP contribution in [0.1, 0.15) is 35.6 Å². The van der Waals surface area contributed by atoms with Gasteiger partial charge in [-0.15, -0.1) is 0 Å². The Kier molecular flexibility index (Phi) is 5.14. The number of methoxy groups -OCH3 is 1. The molecular weight excluding hydrogens is 343 g/mol. The lowest BCUT2D eigenvalue weighted by atomic mass is 10.0. The fourth-order valence-corrected chi connectivity index (χ4v) is 3.34. The monoisotopic (exact) mass is 365 g/mol. The number of halogens is 3. The van der Waals surface area contributed by atoms with Crippen molar-refractivity contribution in [2.75, 3.05) is 7.11 Å². The highest BCUT2D eigenvalue weighted by molar-refractivity contribution is 5.41. The van der Waals surface area contributed by atoms with Gasteiger partial charge in [-0.25, -0.2) is 0 Å². The molecule has 0 saturated heterocycles. The van der Waals surface area contributed by atoms with Crippen LogP contribution in [0.15, 0.2) is 36.4 Å². The molecule has 0 aliphatic carbocycles. The van der Waals surface area contributed by atoms with E-state index in [0.717, 1.165) is 35.6 Å². The molecular formula is C20H22F3NO2. The first-order valence-electron chi connectivity index (χ1n) is 8.57. The minimum atomic E-state index is -4.30. The van der Waals surface area contributed by atoms with Crippen LogP contribution in [0.2, 0.25) is 0 Å². The summed E-state index contributed by atoms with van der Waals surface area (Å²) in [6.45, 7) is 3.31. The summed E-state index contributed by atoms with van der Waals surface area (Å²) in [5.74, 6) is 0.558. The Hall–Kier alpha value is -2.21. The van der Waals surface area contributed by atoms with Gasteiger partial charge < -0.3 is 9.84 Å². The van der Waals surface area contributed by atoms with Crippen LogP contribution in [0.3, 0.4) is 0 Å². The highest BCUT2D eigenvalue weighted by Crippen LogP contribution is 2.34. The summed E-state index contributed by atoms with van der Waals surface area (Å²) in [6.07, 6.45) is -2.63. The van der Waals surface area contributed by atoms with Gasteiger partial charge in [0.2, 0.25) is 0 Å². The fourth-order valence-electron chi connectivity index (χ4n) is 3.34. The van der Waals surface area contributed by atoms with Crippen LogP contribution >= 0.6 is 0 Å². The number of hydrogen-bond acceptors (Lipinski definition) is 3. The number of phenols is 1. The molecule has 0 saturated carbocycles. The van der Waals surface area contributed by atoms with Crippen molar-refractivity contribution in [3.8, 4) is 11.5 Å². The summed E-state index contributed by atoms with van der Waals surface area (Å²) in [5.41, 5.74) is 2.21. The molecule has 0 unspecified atom stereocenters. The molecule has 3 rings (SSSR count). The Morgan fingerprint density at radius 2 is 1.85 bits per heavy atom. The lowest BCUT2D eigenvalue weighted by Crippen LogP contribution is -2.28. The molecule has 0 amide bonds. The van der Waals surface area contributed by atoms with Gasteiger partial charge in [-0.2, -0.15) is 13.2 Å². The maximum Gasteiger partial charge on any atom is 0.416 e. The molecule has 3 nitrogen and oxygen atoms in total. The number of fused-ring (bicyclic) bond motifs is 1. The maximum absolute atomic E-state index is 12.9. The quantitative estimate of drug-likeness (QED) is 0.829. The average Bonchev–Trinajstić information content (AvgIpc) is 3.03. The van der Waals surface area contributed by atoms with E-state index < -0.39 is 11.7 Å². The lowest BCUT2D eigenvalue weighted by Gasteiger charge is -2.23. The Bertz CT molecular complexity index is 789. The molecule has 0 radical (unpaired) electrons. The summed E-state index contributed by atoms with van der Waals surface area (Å²) < 4.78 is 43.7. The number of aromatic hydroxyl groups is 1. The third-order valence-electron chi connectivity index (χ3n) is 5.00. The van der Waals surface area contributed by atoms with Crippen LogP contribution in [0.25, 0.3) is 0 Å². The number of ether oxygens (including phenoxy) is 1. The summed E-state index contributed by atoms with van der Waals surface area (Å²) in [7, 11) is 1.51. The van der Waals surface area contributed by atoms with Crippen LogP contribution < -0.4 is 4.74 Å². The topological polar surface area (TPSA) is 32.7 Å². The van der Waals surface area contributed by atoms with E-state index in [-0.39, 0.29) is 11.8 Å². The summed E-state index contributed by atoms with van der Waals surface area (Å²) >= 11 is 0. The van der Waals surface area contributed by atoms with Gasteiger partial charge in [0.05, 0.1) is 12.7 Å². The molecule has 1 aliphatic rings. The molecule has 2 aromatic carbocycles. The van der Waals surface area contributed by atoms with Crippen molar-refractivity contribution in [1.29, 1.82) is 0 Å². The molecule has 1 N–H and O–H groups in total. The minimum Gasteiger partial charge on any atom is -0.504 e. The maximum atomic E-state index is 12.9. The second kappa shape index (κ2) is 7.19. The second-order valence-corrected chi connectivity index (χ2v) is 6.78. The first-order valence-corrected chi connectivity index (χ1v) is 8.57. The van der Waals surface area contributed by atoms with Crippen LogP contribution in [-0.4, -0.2) is 23.2 Å². The van der Waals surface area contributed by atoms with Gasteiger partial charge in [-0.05, 0) is 60.7 Å². The standard InChI is InChI=1S/C20H22F3NO2/c1-13(3-4-14-5-8-18(25)19(9-14)26-2)24-11-15-6-7-17(20(21,22)23)10-16(15)12-24/h5-10,13,25H,3-4,11-12H2,1-2H3/t13-/m1/s1. The Morgan fingerprint density at radius 1 is 1.12 bits per heavy atom. The van der Waals surface area contributed by atoms with Gasteiger partial charge in [-0.1, -0.05) is 12.1 Å². The fraction of sp³-hybridized carbons (Fsp3) is 0.400. The van der Waals surface area contributed by atoms with Crippen LogP contribution in [0.4, 0.5) is 13.2 Å². The zero-order chi connectivity index (χ0) is 18.9. The van der Waals surface area contributed by atoms with Crippen molar-refractivity contribution >= 4 is 0 Å². The van der Waals surface area contributed by atoms with E-state index >= 15 is 0 Å². The molecule has 6 heteroatoms. The normalized spacial score (nSPS) is 15.7. The molecule has 1 heterocycles. The highest BCUT2D eigenvalue weighted by atomic mass is 19.4. The van der Waals surface area contributed by atoms with E-state index in [9.17, 15) is 18.3 Å². The van der Waals surface area contributed by atoms with Gasteiger partial charge in [0, 0.05) is 19.1 Å². The molecule has 26 heavy (non-hydrogen) atoms. The minimum absolute atomic E-state index is 0.111. The smallest absolute Gasteiger partial charge is 0.416 e. The van der Waals surface area contributed by atoms with Crippen LogP contribution in [0, 0.1) is 0 Å². The Labute approximate surface area is 151 Å². The van der Waals surface area contributed by atoms with Crippen molar-refractivity contribution in [3.63, 3.8) is 0 Å². The van der Waals surface area contributed by atoms with Gasteiger partial charge >= 0.3 is 6.18 Å². The van der Waals surface area contributed by atoms with E-state index in [0.29, 0.717) is 18.8 Å². The van der Waals surface area contributed by atoms with E-state index in [1.54, 1.807) is 12.1 Å². The summed E-state index contributed by atoms with van der Waals surface area (Å²) in [6, 6.07) is 9.55. The molecule has 140 valence electrons. The Balaban J connectivity index is 1.62. The van der Waals surface area contributed by atoms with E-state index in [2.05, 4.69) is 11.8 Å². The van der Waals surface area contributed by atoms with E-state index in [1.165, 1.54) is 13.2 Å². The molecule has 0 spiro atoms.